The average molecular weight is 290 g/mol. The Morgan fingerprint density at radius 3 is 2.95 bits per heavy atom. The maximum absolute atomic E-state index is 11.9. The van der Waals surface area contributed by atoms with Crippen LogP contribution in [0.4, 0.5) is 5.69 Å². The predicted octanol–water partition coefficient (Wildman–Crippen LogP) is 0.380. The number of nitrogens with one attached hydrogen (secondary N) is 1. The van der Waals surface area contributed by atoms with Gasteiger partial charge in [0.2, 0.25) is 5.15 Å². The van der Waals surface area contributed by atoms with Crippen LogP contribution in [0.2, 0.25) is 5.15 Å². The number of aliphatic hydroxyl groups is 1. The van der Waals surface area contributed by atoms with E-state index in [1.165, 1.54) is 19.4 Å². The van der Waals surface area contributed by atoms with E-state index in [1.807, 2.05) is 0 Å². The molecule has 1 amide bonds. The predicted molar refractivity (Wildman–Crippen MR) is 66.1 cm³/mol. The number of methoxy groups -OCH3 is 1. The van der Waals surface area contributed by atoms with Crippen LogP contribution in [0, 0.1) is 10.1 Å². The third-order valence-corrected chi connectivity index (χ3v) is 2.51. The monoisotopic (exact) mass is 289 g/mol. The summed E-state index contributed by atoms with van der Waals surface area (Å²) in [4.78, 5) is 25.5. The van der Waals surface area contributed by atoms with Gasteiger partial charge in [0, 0.05) is 13.3 Å². The third-order valence-electron chi connectivity index (χ3n) is 2.23. The first-order valence-electron chi connectivity index (χ1n) is 5.20. The summed E-state index contributed by atoms with van der Waals surface area (Å²) in [5, 5.41) is 21.9. The first-order valence-corrected chi connectivity index (χ1v) is 5.58. The lowest BCUT2D eigenvalue weighted by Gasteiger charge is -2.15. The number of halogens is 1. The minimum atomic E-state index is -0.783. The maximum atomic E-state index is 11.9. The van der Waals surface area contributed by atoms with Gasteiger partial charge in [-0.3, -0.25) is 14.9 Å². The number of carbonyl (C=O) groups is 1. The van der Waals surface area contributed by atoms with Gasteiger partial charge in [-0.1, -0.05) is 11.6 Å². The van der Waals surface area contributed by atoms with E-state index >= 15 is 0 Å². The van der Waals surface area contributed by atoms with Crippen LogP contribution in [0.3, 0.4) is 0 Å². The lowest BCUT2D eigenvalue weighted by molar-refractivity contribution is -0.385. The highest BCUT2D eigenvalue weighted by Gasteiger charge is 2.26. The second-order valence-electron chi connectivity index (χ2n) is 3.56. The van der Waals surface area contributed by atoms with E-state index in [2.05, 4.69) is 10.3 Å². The van der Waals surface area contributed by atoms with E-state index in [9.17, 15) is 14.9 Å². The van der Waals surface area contributed by atoms with Crippen molar-refractivity contribution in [3.8, 4) is 0 Å². The first-order chi connectivity index (χ1) is 9.01. The molecule has 0 aliphatic heterocycles. The maximum Gasteiger partial charge on any atom is 0.319 e. The molecule has 8 nitrogen and oxygen atoms in total. The van der Waals surface area contributed by atoms with Crippen molar-refractivity contribution in [1.29, 1.82) is 0 Å². The summed E-state index contributed by atoms with van der Waals surface area (Å²) in [5.74, 6) is -0.730. The molecule has 2 N–H and O–H groups in total. The number of ether oxygens (including phenoxy) is 1. The van der Waals surface area contributed by atoms with Crippen molar-refractivity contribution in [2.24, 2.45) is 0 Å². The fourth-order valence-electron chi connectivity index (χ4n) is 1.39. The number of amides is 1. The lowest BCUT2D eigenvalue weighted by Crippen LogP contribution is -2.40. The Hall–Kier alpha value is -1.77. The molecule has 1 rings (SSSR count). The molecule has 0 fully saturated rings. The highest BCUT2D eigenvalue weighted by molar-refractivity contribution is 6.32. The van der Waals surface area contributed by atoms with Crippen molar-refractivity contribution in [3.05, 3.63) is 33.1 Å². The molecule has 1 heterocycles. The van der Waals surface area contributed by atoms with Crippen LogP contribution < -0.4 is 5.32 Å². The SMILES string of the molecule is COCC(CO)NC(=O)c1ccnc(Cl)c1[N+](=O)[O-]. The summed E-state index contributed by atoms with van der Waals surface area (Å²) < 4.78 is 4.79. The van der Waals surface area contributed by atoms with Crippen LogP contribution in [0.1, 0.15) is 10.4 Å². The molecule has 0 radical (unpaired) electrons. The third kappa shape index (κ3) is 3.85. The van der Waals surface area contributed by atoms with Gasteiger partial charge in [-0.25, -0.2) is 4.98 Å². The van der Waals surface area contributed by atoms with Gasteiger partial charge in [-0.15, -0.1) is 0 Å². The highest BCUT2D eigenvalue weighted by atomic mass is 35.5. The summed E-state index contributed by atoms with van der Waals surface area (Å²) in [6.45, 7) is -0.277. The molecule has 0 spiro atoms. The Labute approximate surface area is 113 Å². The number of hydrogen-bond donors (Lipinski definition) is 2. The standard InChI is InChI=1S/C10H12ClN3O5/c1-19-5-6(4-15)13-10(16)7-2-3-12-9(11)8(7)14(17)18/h2-3,6,15H,4-5H2,1H3,(H,13,16). The van der Waals surface area contributed by atoms with Gasteiger partial charge < -0.3 is 15.2 Å². The van der Waals surface area contributed by atoms with Crippen molar-refractivity contribution < 1.29 is 19.6 Å². The molecule has 0 saturated heterocycles. The zero-order chi connectivity index (χ0) is 14.4. The molecule has 0 aliphatic carbocycles. The summed E-state index contributed by atoms with van der Waals surface area (Å²) in [6.07, 6.45) is 1.19. The zero-order valence-corrected chi connectivity index (χ0v) is 10.8. The Morgan fingerprint density at radius 1 is 1.74 bits per heavy atom. The number of carbonyl (C=O) groups excluding carboxylic acids is 1. The van der Waals surface area contributed by atoms with Crippen molar-refractivity contribution in [1.82, 2.24) is 10.3 Å². The molecule has 9 heteroatoms. The molecule has 0 aliphatic rings. The molecule has 104 valence electrons. The van der Waals surface area contributed by atoms with Crippen LogP contribution >= 0.6 is 11.6 Å². The van der Waals surface area contributed by atoms with E-state index in [1.54, 1.807) is 0 Å². The molecule has 1 atom stereocenters. The number of nitro groups is 1. The normalized spacial score (nSPS) is 11.9. The molecular formula is C10H12ClN3O5. The Balaban J connectivity index is 3.00. The van der Waals surface area contributed by atoms with Crippen molar-refractivity contribution in [2.45, 2.75) is 6.04 Å². The van der Waals surface area contributed by atoms with E-state index in [0.29, 0.717) is 0 Å². The van der Waals surface area contributed by atoms with Gasteiger partial charge in [-0.2, -0.15) is 0 Å². The average Bonchev–Trinajstić information content (AvgIpc) is 2.37. The Bertz CT molecular complexity index is 482. The molecule has 1 aromatic heterocycles. The fraction of sp³-hybridized carbons (Fsp3) is 0.400. The van der Waals surface area contributed by atoms with Gasteiger partial charge in [0.25, 0.3) is 5.91 Å². The molecule has 0 aromatic carbocycles. The van der Waals surface area contributed by atoms with Gasteiger partial charge >= 0.3 is 5.69 Å². The van der Waals surface area contributed by atoms with E-state index in [0.717, 1.165) is 0 Å². The summed E-state index contributed by atoms with van der Waals surface area (Å²) in [5.41, 5.74) is -0.796. The number of aliphatic hydroxyl groups excluding tert-OH is 1. The molecule has 0 saturated carbocycles. The lowest BCUT2D eigenvalue weighted by atomic mass is 10.2. The van der Waals surface area contributed by atoms with Gasteiger partial charge in [-0.05, 0) is 6.07 Å². The van der Waals surface area contributed by atoms with E-state index in [4.69, 9.17) is 21.4 Å². The Morgan fingerprint density at radius 2 is 2.42 bits per heavy atom. The smallest absolute Gasteiger partial charge is 0.319 e. The van der Waals surface area contributed by atoms with Crippen molar-refractivity contribution in [3.63, 3.8) is 0 Å². The minimum absolute atomic E-state index is 0.0782. The van der Waals surface area contributed by atoms with Crippen LogP contribution in [0.15, 0.2) is 12.3 Å². The number of nitrogens with zero attached hydrogens (tertiary/aromatic N) is 2. The number of aromatic nitrogens is 1. The molecular weight excluding hydrogens is 278 g/mol. The quantitative estimate of drug-likeness (QED) is 0.444. The molecule has 19 heavy (non-hydrogen) atoms. The fourth-order valence-corrected chi connectivity index (χ4v) is 1.62. The summed E-state index contributed by atoms with van der Waals surface area (Å²) >= 11 is 5.59. The molecule has 0 bridgehead atoms. The van der Waals surface area contributed by atoms with Crippen LogP contribution in [0.5, 0.6) is 0 Å². The first kappa shape index (κ1) is 15.3. The topological polar surface area (TPSA) is 115 Å². The zero-order valence-electron chi connectivity index (χ0n) is 10.00. The second kappa shape index (κ2) is 6.98. The second-order valence-corrected chi connectivity index (χ2v) is 3.92. The van der Waals surface area contributed by atoms with E-state index in [-0.39, 0.29) is 23.9 Å². The summed E-state index contributed by atoms with van der Waals surface area (Å²) in [7, 11) is 1.40. The summed E-state index contributed by atoms with van der Waals surface area (Å²) in [6, 6.07) is 0.518. The van der Waals surface area contributed by atoms with Crippen LogP contribution in [-0.4, -0.2) is 47.3 Å². The van der Waals surface area contributed by atoms with Crippen molar-refractivity contribution in [2.75, 3.05) is 20.3 Å². The number of pyridine rings is 1. The molecule has 1 unspecified atom stereocenters. The Kier molecular flexibility index (Phi) is 5.61. The number of rotatable bonds is 6. The number of hydrogen-bond acceptors (Lipinski definition) is 6. The minimum Gasteiger partial charge on any atom is -0.394 e. The molecule has 1 aromatic rings. The van der Waals surface area contributed by atoms with Crippen molar-refractivity contribution >= 4 is 23.2 Å². The largest absolute Gasteiger partial charge is 0.394 e. The van der Waals surface area contributed by atoms with Crippen LogP contribution in [-0.2, 0) is 4.74 Å². The highest BCUT2D eigenvalue weighted by Crippen LogP contribution is 2.25. The van der Waals surface area contributed by atoms with E-state index < -0.39 is 22.6 Å². The van der Waals surface area contributed by atoms with Gasteiger partial charge in [0.05, 0.1) is 24.2 Å². The van der Waals surface area contributed by atoms with Gasteiger partial charge in [0.1, 0.15) is 5.56 Å². The van der Waals surface area contributed by atoms with Gasteiger partial charge in [0.15, 0.2) is 0 Å². The van der Waals surface area contributed by atoms with Crippen LogP contribution in [0.25, 0.3) is 0 Å².